The smallest absolute Gasteiger partial charge is 0.265 e. The van der Waals surface area contributed by atoms with Crippen LogP contribution < -0.4 is 0 Å². The van der Waals surface area contributed by atoms with Gasteiger partial charge in [0.1, 0.15) is 4.90 Å². The summed E-state index contributed by atoms with van der Waals surface area (Å²) in [5.74, 6) is 0. The Bertz CT molecular complexity index is 604. The molecule has 0 aliphatic heterocycles. The molecule has 0 aliphatic rings. The molecule has 22 heavy (non-hydrogen) atoms. The van der Waals surface area contributed by atoms with Crippen LogP contribution in [-0.4, -0.2) is 14.1 Å². The van der Waals surface area contributed by atoms with Crippen molar-refractivity contribution < 1.29 is 12.7 Å². The predicted octanol–water partition coefficient (Wildman–Crippen LogP) is 4.02. The Balaban J connectivity index is 2.30. The Labute approximate surface area is 132 Å². The third-order valence-electron chi connectivity index (χ3n) is 3.15. The highest BCUT2D eigenvalue weighted by Gasteiger charge is 2.14. The molecule has 0 saturated heterocycles. The van der Waals surface area contributed by atoms with Gasteiger partial charge in [0.15, 0.2) is 0 Å². The van der Waals surface area contributed by atoms with Crippen LogP contribution in [0.1, 0.15) is 51.9 Å². The van der Waals surface area contributed by atoms with Crippen LogP contribution in [0.3, 0.4) is 0 Å². The molecule has 0 amide bonds. The lowest BCUT2D eigenvalue weighted by atomic mass is 10.1. The fraction of sp³-hybridized carbons (Fsp3) is 0.500. The lowest BCUT2D eigenvalue weighted by Gasteiger charge is -2.03. The molecular formula is C16H22N2O3S. The minimum Gasteiger partial charge on any atom is -0.265 e. The Morgan fingerprint density at radius 1 is 1.14 bits per heavy atom. The summed E-state index contributed by atoms with van der Waals surface area (Å²) >= 11 is 0. The summed E-state index contributed by atoms with van der Waals surface area (Å²) in [7, 11) is -3.82. The average molecular weight is 322 g/mol. The highest BCUT2D eigenvalue weighted by molar-refractivity contribution is 7.86. The molecule has 1 aromatic carbocycles. The van der Waals surface area contributed by atoms with Gasteiger partial charge in [-0.3, -0.25) is 4.28 Å². The molecule has 0 saturated carbocycles. The van der Waals surface area contributed by atoms with Gasteiger partial charge in [-0.05, 0) is 38.3 Å². The first-order valence-electron chi connectivity index (χ1n) is 7.45. The molecule has 1 rings (SSSR count). The van der Waals surface area contributed by atoms with E-state index < -0.39 is 10.1 Å². The fourth-order valence-corrected chi connectivity index (χ4v) is 2.71. The molecule has 0 heterocycles. The minimum atomic E-state index is -3.82. The van der Waals surface area contributed by atoms with Gasteiger partial charge < -0.3 is 0 Å². The minimum absolute atomic E-state index is 0.101. The number of nitrogens with zero attached hydrogens (tertiary/aromatic N) is 2. The summed E-state index contributed by atoms with van der Waals surface area (Å²) in [6.45, 7) is 1.76. The van der Waals surface area contributed by atoms with Crippen molar-refractivity contribution in [3.8, 4) is 6.07 Å². The predicted molar refractivity (Wildman–Crippen MR) is 85.8 cm³/mol. The Hall–Kier alpha value is -1.87. The molecule has 0 unspecified atom stereocenters. The molecule has 0 spiro atoms. The van der Waals surface area contributed by atoms with Crippen LogP contribution in [0.5, 0.6) is 0 Å². The lowest BCUT2D eigenvalue weighted by molar-refractivity contribution is 0.337. The molecule has 0 fully saturated rings. The van der Waals surface area contributed by atoms with Gasteiger partial charge in [-0.2, -0.15) is 13.7 Å². The largest absolute Gasteiger partial charge is 0.358 e. The van der Waals surface area contributed by atoms with Gasteiger partial charge in [-0.1, -0.05) is 42.6 Å². The van der Waals surface area contributed by atoms with Crippen LogP contribution in [0.4, 0.5) is 0 Å². The quantitative estimate of drug-likeness (QED) is 0.370. The first-order chi connectivity index (χ1) is 10.6. The summed E-state index contributed by atoms with van der Waals surface area (Å²) in [5, 5.41) is 12.1. The van der Waals surface area contributed by atoms with Gasteiger partial charge in [0.25, 0.3) is 0 Å². The van der Waals surface area contributed by atoms with E-state index >= 15 is 0 Å². The first-order valence-corrected chi connectivity index (χ1v) is 8.86. The maximum absolute atomic E-state index is 11.9. The number of benzene rings is 1. The van der Waals surface area contributed by atoms with Gasteiger partial charge in [0.2, 0.25) is 0 Å². The van der Waals surface area contributed by atoms with Crippen LogP contribution in [0.25, 0.3) is 0 Å². The first kappa shape index (κ1) is 18.2. The molecule has 120 valence electrons. The van der Waals surface area contributed by atoms with E-state index in [0.29, 0.717) is 18.6 Å². The number of nitriles is 1. The van der Waals surface area contributed by atoms with E-state index in [1.54, 1.807) is 25.1 Å². The molecule has 0 aliphatic carbocycles. The van der Waals surface area contributed by atoms with Crippen LogP contribution in [0.15, 0.2) is 40.4 Å². The molecular weight excluding hydrogens is 300 g/mol. The van der Waals surface area contributed by atoms with Crippen LogP contribution in [-0.2, 0) is 14.4 Å². The maximum Gasteiger partial charge on any atom is 0.358 e. The van der Waals surface area contributed by atoms with Crippen molar-refractivity contribution in [1.82, 2.24) is 0 Å². The van der Waals surface area contributed by atoms with Gasteiger partial charge >= 0.3 is 10.1 Å². The van der Waals surface area contributed by atoms with Gasteiger partial charge in [0.05, 0.1) is 11.8 Å². The van der Waals surface area contributed by atoms with E-state index in [9.17, 15) is 8.42 Å². The van der Waals surface area contributed by atoms with Crippen molar-refractivity contribution in [2.24, 2.45) is 5.16 Å². The molecule has 0 N–H and O–H groups in total. The Morgan fingerprint density at radius 3 is 2.45 bits per heavy atom. The second kappa shape index (κ2) is 9.96. The van der Waals surface area contributed by atoms with Crippen molar-refractivity contribution in [2.45, 2.75) is 56.8 Å². The topological polar surface area (TPSA) is 79.5 Å². The Kier molecular flexibility index (Phi) is 8.23. The number of oxime groups is 1. The van der Waals surface area contributed by atoms with E-state index in [1.165, 1.54) is 12.1 Å². The third kappa shape index (κ3) is 7.23. The number of rotatable bonds is 10. The van der Waals surface area contributed by atoms with E-state index in [0.717, 1.165) is 32.1 Å². The summed E-state index contributed by atoms with van der Waals surface area (Å²) in [6, 6.07) is 10.1. The van der Waals surface area contributed by atoms with Crippen molar-refractivity contribution >= 4 is 15.8 Å². The number of hydrogen-bond acceptors (Lipinski definition) is 5. The summed E-state index contributed by atoms with van der Waals surface area (Å²) in [4.78, 5) is 0.101. The lowest BCUT2D eigenvalue weighted by Crippen LogP contribution is -2.04. The van der Waals surface area contributed by atoms with E-state index in [4.69, 9.17) is 9.55 Å². The van der Waals surface area contributed by atoms with Crippen molar-refractivity contribution in [3.05, 3.63) is 30.3 Å². The third-order valence-corrected chi connectivity index (χ3v) is 4.27. The SMILES string of the molecule is C/C(CCCCCCCC#N)=N\OS(=O)(=O)c1ccccc1. The molecule has 0 radical (unpaired) electrons. The van der Waals surface area contributed by atoms with Gasteiger partial charge in [-0.25, -0.2) is 0 Å². The van der Waals surface area contributed by atoms with Crippen LogP contribution in [0.2, 0.25) is 0 Å². The second-order valence-corrected chi connectivity index (χ2v) is 6.62. The average Bonchev–Trinajstić information content (AvgIpc) is 2.53. The summed E-state index contributed by atoms with van der Waals surface area (Å²) in [5.41, 5.74) is 0.663. The monoisotopic (exact) mass is 322 g/mol. The number of unbranched alkanes of at least 4 members (excludes halogenated alkanes) is 5. The summed E-state index contributed by atoms with van der Waals surface area (Å²) < 4.78 is 28.4. The summed E-state index contributed by atoms with van der Waals surface area (Å²) in [6.07, 6.45) is 6.40. The van der Waals surface area contributed by atoms with E-state index in [2.05, 4.69) is 11.2 Å². The van der Waals surface area contributed by atoms with Crippen LogP contribution >= 0.6 is 0 Å². The Morgan fingerprint density at radius 2 is 1.77 bits per heavy atom. The highest BCUT2D eigenvalue weighted by Crippen LogP contribution is 2.12. The molecule has 5 nitrogen and oxygen atoms in total. The number of hydrogen-bond donors (Lipinski definition) is 0. The zero-order valence-corrected chi connectivity index (χ0v) is 13.7. The zero-order valence-electron chi connectivity index (χ0n) is 12.9. The van der Waals surface area contributed by atoms with Crippen molar-refractivity contribution in [1.29, 1.82) is 5.26 Å². The second-order valence-electron chi connectivity index (χ2n) is 5.09. The normalized spacial score (nSPS) is 11.9. The maximum atomic E-state index is 11.9. The fourth-order valence-electron chi connectivity index (χ4n) is 1.90. The molecule has 0 atom stereocenters. The highest BCUT2D eigenvalue weighted by atomic mass is 32.2. The van der Waals surface area contributed by atoms with Crippen molar-refractivity contribution in [3.63, 3.8) is 0 Å². The molecule has 6 heteroatoms. The molecule has 0 aromatic heterocycles. The van der Waals surface area contributed by atoms with Gasteiger partial charge in [-0.15, -0.1) is 0 Å². The zero-order chi connectivity index (χ0) is 16.3. The van der Waals surface area contributed by atoms with Crippen molar-refractivity contribution in [2.75, 3.05) is 0 Å². The van der Waals surface area contributed by atoms with E-state index in [-0.39, 0.29) is 4.90 Å². The molecule has 0 bridgehead atoms. The van der Waals surface area contributed by atoms with Gasteiger partial charge in [0, 0.05) is 6.42 Å². The van der Waals surface area contributed by atoms with Crippen LogP contribution in [0, 0.1) is 11.3 Å². The standard InChI is InChI=1S/C16H22N2O3S/c1-15(11-7-4-2-3-5-10-14-17)18-21-22(19,20)16-12-8-6-9-13-16/h6,8-9,12-13H,2-5,7,10-11H2,1H3/b18-15+. The molecule has 1 aromatic rings. The van der Waals surface area contributed by atoms with E-state index in [1.807, 2.05) is 0 Å².